The second-order valence-corrected chi connectivity index (χ2v) is 14.0. The predicted molar refractivity (Wildman–Crippen MR) is 167 cm³/mol. The van der Waals surface area contributed by atoms with Gasteiger partial charge < -0.3 is 20.3 Å². The van der Waals surface area contributed by atoms with Crippen molar-refractivity contribution >= 4 is 27.9 Å². The van der Waals surface area contributed by atoms with E-state index in [1.54, 1.807) is 11.1 Å². The third-order valence-electron chi connectivity index (χ3n) is 8.18. The van der Waals surface area contributed by atoms with Crippen LogP contribution in [-0.2, 0) is 21.6 Å². The van der Waals surface area contributed by atoms with Gasteiger partial charge in [-0.25, -0.2) is 9.98 Å². The summed E-state index contributed by atoms with van der Waals surface area (Å²) in [5.74, 6) is 1.95. The lowest BCUT2D eigenvalue weighted by molar-refractivity contribution is -0.131. The van der Waals surface area contributed by atoms with Gasteiger partial charge in [0.15, 0.2) is 5.96 Å². The van der Waals surface area contributed by atoms with Gasteiger partial charge in [-0.15, -0.1) is 0 Å². The van der Waals surface area contributed by atoms with Gasteiger partial charge in [0.1, 0.15) is 5.75 Å². The fraction of sp³-hybridized carbons (Fsp3) is 0.581. The van der Waals surface area contributed by atoms with Crippen LogP contribution in [-0.4, -0.2) is 65.3 Å². The molecule has 0 unspecified atom stereocenters. The Hall–Kier alpha value is -3.22. The zero-order valence-corrected chi connectivity index (χ0v) is 26.4. The zero-order valence-electron chi connectivity index (χ0n) is 25.5. The van der Waals surface area contributed by atoms with Crippen LogP contribution in [0, 0.1) is 11.3 Å². The van der Waals surface area contributed by atoms with Crippen LogP contribution in [0.2, 0.25) is 0 Å². The Labute approximate surface area is 255 Å². The molecular weight excluding hydrogens is 568 g/mol. The van der Waals surface area contributed by atoms with Crippen molar-refractivity contribution in [3.63, 3.8) is 0 Å². The van der Waals surface area contributed by atoms with Gasteiger partial charge in [-0.3, -0.25) is 9.35 Å². The van der Waals surface area contributed by atoms with Gasteiger partial charge in [0.25, 0.3) is 0 Å². The van der Waals surface area contributed by atoms with E-state index in [0.717, 1.165) is 37.7 Å². The molecule has 1 amide bonds. The Bertz CT molecular complexity index is 1360. The average Bonchev–Trinajstić information content (AvgIpc) is 2.95. The number of fused-ring (bicyclic) bond motifs is 1. The normalized spacial score (nSPS) is 16.7. The molecule has 0 spiro atoms. The molecule has 1 aliphatic heterocycles. The topological polar surface area (TPSA) is 150 Å². The number of aromatic nitrogens is 1. The fourth-order valence-electron chi connectivity index (χ4n) is 5.84. The molecule has 0 bridgehead atoms. The maximum Gasteiger partial charge on any atom is 0.333 e. The first-order chi connectivity index (χ1) is 20.4. The number of hydrogen-bond donors (Lipinski definition) is 3. The molecule has 2 aliphatic rings. The summed E-state index contributed by atoms with van der Waals surface area (Å²) in [7, 11) is -4.33. The van der Waals surface area contributed by atoms with Crippen molar-refractivity contribution in [1.29, 1.82) is 0 Å². The summed E-state index contributed by atoms with van der Waals surface area (Å²) in [4.78, 5) is 26.5. The van der Waals surface area contributed by atoms with Crippen LogP contribution in [0.3, 0.4) is 0 Å². The molecule has 1 aromatic carbocycles. The number of aliphatic imine (C=N–C) groups is 1. The minimum atomic E-state index is -4.33. The molecular formula is C31H46N6O5S. The molecule has 1 fully saturated rings. The number of benzene rings is 1. The molecule has 1 aliphatic carbocycles. The number of carbonyl (C=O) groups is 1. The van der Waals surface area contributed by atoms with E-state index in [4.69, 9.17) is 20.0 Å². The van der Waals surface area contributed by atoms with E-state index >= 15 is 0 Å². The second kappa shape index (κ2) is 14.5. The number of hydrogen-bond acceptors (Lipinski definition) is 8. The van der Waals surface area contributed by atoms with Gasteiger partial charge in [0.05, 0.1) is 11.9 Å². The highest BCUT2D eigenvalue weighted by Crippen LogP contribution is 2.36. The van der Waals surface area contributed by atoms with Gasteiger partial charge in [-0.1, -0.05) is 58.2 Å². The van der Waals surface area contributed by atoms with Crippen molar-refractivity contribution in [3.05, 3.63) is 48.2 Å². The van der Waals surface area contributed by atoms with Crippen molar-refractivity contribution < 1.29 is 22.5 Å². The summed E-state index contributed by atoms with van der Waals surface area (Å²) in [6.07, 6.45) is 8.99. The summed E-state index contributed by atoms with van der Waals surface area (Å²) >= 11 is 0. The molecule has 2 aromatic rings. The van der Waals surface area contributed by atoms with Crippen molar-refractivity contribution in [2.75, 3.05) is 19.6 Å². The molecule has 2 heterocycles. The molecule has 0 radical (unpaired) electrons. The number of carbonyl (C=O) groups excluding carboxylic acids is 1. The van der Waals surface area contributed by atoms with Crippen LogP contribution in [0.1, 0.15) is 77.7 Å². The third-order valence-corrected chi connectivity index (χ3v) is 8.74. The Morgan fingerprint density at radius 1 is 1.19 bits per heavy atom. The zero-order chi connectivity index (χ0) is 31.0. The van der Waals surface area contributed by atoms with Gasteiger partial charge in [0, 0.05) is 50.3 Å². The standard InChI is InChI=1S/C31H46N6O5S/c1-31(2,3)16-18-36(19-17-34-43(39,40)41)29(38)15-14-27(23-10-6-4-7-11-23)37-22-24-20-28(33-21-26(24)35-30(37)32)42-25-12-8-5-9-13-25/h5,8-9,12-13,20-21,23,27,34H,4,6-7,10-11,14-19,22H2,1-3H3,(H2,32,35)(H,39,40,41)/t27-/m0/s1. The van der Waals surface area contributed by atoms with Gasteiger partial charge in [-0.05, 0) is 49.1 Å². The first-order valence-electron chi connectivity index (χ1n) is 15.2. The van der Waals surface area contributed by atoms with E-state index in [1.807, 2.05) is 36.4 Å². The molecule has 43 heavy (non-hydrogen) atoms. The molecule has 1 aromatic heterocycles. The number of guanidine groups is 1. The average molecular weight is 615 g/mol. The molecule has 4 rings (SSSR count). The number of amides is 1. The summed E-state index contributed by atoms with van der Waals surface area (Å²) in [6.45, 7) is 7.49. The van der Waals surface area contributed by atoms with Crippen LogP contribution < -0.4 is 15.2 Å². The highest BCUT2D eigenvalue weighted by Gasteiger charge is 2.33. The maximum atomic E-state index is 13.6. The Morgan fingerprint density at radius 3 is 2.58 bits per heavy atom. The number of ether oxygens (including phenoxy) is 1. The molecule has 12 heteroatoms. The number of nitrogens with two attached hydrogens (primary N) is 1. The molecule has 11 nitrogen and oxygen atoms in total. The van der Waals surface area contributed by atoms with Crippen LogP contribution in [0.5, 0.6) is 11.6 Å². The monoisotopic (exact) mass is 614 g/mol. The van der Waals surface area contributed by atoms with Crippen LogP contribution >= 0.6 is 0 Å². The quantitative estimate of drug-likeness (QED) is 0.266. The lowest BCUT2D eigenvalue weighted by atomic mass is 9.81. The number of nitrogens with zero attached hydrogens (tertiary/aromatic N) is 4. The molecule has 236 valence electrons. The van der Waals surface area contributed by atoms with Gasteiger partial charge in [0.2, 0.25) is 11.8 Å². The van der Waals surface area contributed by atoms with Crippen LogP contribution in [0.15, 0.2) is 47.6 Å². The minimum Gasteiger partial charge on any atom is -0.439 e. The first kappa shape index (κ1) is 32.7. The van der Waals surface area contributed by atoms with E-state index in [0.29, 0.717) is 55.1 Å². The molecule has 4 N–H and O–H groups in total. The molecule has 1 atom stereocenters. The number of nitrogens with one attached hydrogen (secondary N) is 1. The van der Waals surface area contributed by atoms with Crippen molar-refractivity contribution in [3.8, 4) is 11.6 Å². The molecule has 1 saturated carbocycles. The highest BCUT2D eigenvalue weighted by molar-refractivity contribution is 7.83. The Balaban J connectivity index is 1.49. The summed E-state index contributed by atoms with van der Waals surface area (Å²) in [5.41, 5.74) is 8.25. The first-order valence-corrected chi connectivity index (χ1v) is 16.6. The lowest BCUT2D eigenvalue weighted by Gasteiger charge is -2.41. The van der Waals surface area contributed by atoms with Crippen molar-refractivity contribution in [2.45, 2.75) is 84.7 Å². The largest absolute Gasteiger partial charge is 0.439 e. The second-order valence-electron chi connectivity index (χ2n) is 12.7. The summed E-state index contributed by atoms with van der Waals surface area (Å²) < 4.78 is 39.5. The van der Waals surface area contributed by atoms with E-state index < -0.39 is 10.3 Å². The van der Waals surface area contributed by atoms with E-state index in [-0.39, 0.29) is 30.5 Å². The Morgan fingerprint density at radius 2 is 1.91 bits per heavy atom. The summed E-state index contributed by atoms with van der Waals surface area (Å²) in [5, 5.41) is 0. The Kier molecular flexibility index (Phi) is 11.0. The lowest BCUT2D eigenvalue weighted by Crippen LogP contribution is -2.49. The van der Waals surface area contributed by atoms with Crippen LogP contribution in [0.25, 0.3) is 0 Å². The van der Waals surface area contributed by atoms with Crippen LogP contribution in [0.4, 0.5) is 5.69 Å². The van der Waals surface area contributed by atoms with E-state index in [1.165, 1.54) is 6.42 Å². The number of para-hydroxylation sites is 1. The van der Waals surface area contributed by atoms with Gasteiger partial charge >= 0.3 is 10.3 Å². The number of rotatable bonds is 13. The minimum absolute atomic E-state index is 0.00366. The predicted octanol–water partition coefficient (Wildman–Crippen LogP) is 5.02. The maximum absolute atomic E-state index is 13.6. The van der Waals surface area contributed by atoms with Crippen molar-refractivity contribution in [2.24, 2.45) is 22.1 Å². The SMILES string of the molecule is CC(C)(C)CCN(CCNS(=O)(=O)O)C(=O)CC[C@@H](C1CCCCC1)N1Cc2cc(Oc3ccccc3)ncc2N=C1N. The summed E-state index contributed by atoms with van der Waals surface area (Å²) in [6, 6.07) is 11.4. The van der Waals surface area contributed by atoms with Gasteiger partial charge in [-0.2, -0.15) is 13.1 Å². The van der Waals surface area contributed by atoms with E-state index in [2.05, 4.69) is 35.4 Å². The van der Waals surface area contributed by atoms with Crippen molar-refractivity contribution in [1.82, 2.24) is 19.5 Å². The smallest absolute Gasteiger partial charge is 0.333 e. The third kappa shape index (κ3) is 10.2. The highest BCUT2D eigenvalue weighted by atomic mass is 32.2. The fourth-order valence-corrected chi connectivity index (χ4v) is 6.18. The number of pyridine rings is 1. The molecule has 0 saturated heterocycles. The van der Waals surface area contributed by atoms with E-state index in [9.17, 15) is 13.2 Å².